The molecule has 1 N–H and O–H groups in total. The summed E-state index contributed by atoms with van der Waals surface area (Å²) >= 11 is 0. The van der Waals surface area contributed by atoms with Gasteiger partial charge in [0, 0.05) is 32.1 Å². The van der Waals surface area contributed by atoms with Crippen molar-refractivity contribution in [2.45, 2.75) is 56.8 Å². The number of rotatable bonds is 1. The molecule has 0 aliphatic carbocycles. The van der Waals surface area contributed by atoms with E-state index in [9.17, 15) is 9.59 Å². The van der Waals surface area contributed by atoms with Crippen LogP contribution in [0.3, 0.4) is 0 Å². The Balaban J connectivity index is 1.18. The van der Waals surface area contributed by atoms with Gasteiger partial charge >= 0.3 is 6.03 Å². The SMILES string of the molecule is CC1(C)CCc2cc(C3CN(C(=O)N4CC[C@@H]5OCC(=O)N[C@@H]5C4)C3)ccc2O1. The highest BCUT2D eigenvalue weighted by Gasteiger charge is 2.40. The summed E-state index contributed by atoms with van der Waals surface area (Å²) in [6.07, 6.45) is 2.87. The van der Waals surface area contributed by atoms with Gasteiger partial charge in [0.05, 0.1) is 12.1 Å². The normalized spacial score (nSPS) is 28.6. The van der Waals surface area contributed by atoms with Crippen molar-refractivity contribution in [1.29, 1.82) is 0 Å². The van der Waals surface area contributed by atoms with Crippen molar-refractivity contribution < 1.29 is 19.1 Å². The quantitative estimate of drug-likeness (QED) is 0.783. The minimum atomic E-state index is -0.0932. The molecule has 1 aromatic rings. The maximum atomic E-state index is 12.9. The van der Waals surface area contributed by atoms with Gasteiger partial charge < -0.3 is 24.6 Å². The van der Waals surface area contributed by atoms with Crippen LogP contribution in [0.5, 0.6) is 5.75 Å². The van der Waals surface area contributed by atoms with Crippen molar-refractivity contribution in [3.63, 3.8) is 0 Å². The number of morpholine rings is 1. The second-order valence-corrected chi connectivity index (χ2v) is 9.37. The number of fused-ring (bicyclic) bond motifs is 2. The Hall–Kier alpha value is -2.28. The molecule has 3 saturated heterocycles. The number of hydrogen-bond acceptors (Lipinski definition) is 4. The first-order valence-corrected chi connectivity index (χ1v) is 10.6. The number of ether oxygens (including phenoxy) is 2. The fourth-order valence-corrected chi connectivity index (χ4v) is 4.85. The lowest BCUT2D eigenvalue weighted by Crippen LogP contribution is -2.63. The average Bonchev–Trinajstić information content (AvgIpc) is 2.65. The first kappa shape index (κ1) is 18.7. The number of carbonyl (C=O) groups excluding carboxylic acids is 2. The van der Waals surface area contributed by atoms with Gasteiger partial charge in [-0.25, -0.2) is 4.79 Å². The number of hydrogen-bond donors (Lipinski definition) is 1. The molecule has 3 fully saturated rings. The van der Waals surface area contributed by atoms with Crippen LogP contribution in [-0.2, 0) is 16.0 Å². The molecule has 156 valence electrons. The third-order valence-corrected chi connectivity index (χ3v) is 6.69. The number of likely N-dealkylation sites (tertiary alicyclic amines) is 2. The maximum absolute atomic E-state index is 12.9. The number of urea groups is 1. The van der Waals surface area contributed by atoms with E-state index in [1.165, 1.54) is 11.1 Å². The van der Waals surface area contributed by atoms with E-state index in [0.29, 0.717) is 19.0 Å². The van der Waals surface area contributed by atoms with E-state index in [1.807, 2.05) is 9.80 Å². The highest BCUT2D eigenvalue weighted by Crippen LogP contribution is 2.37. The summed E-state index contributed by atoms with van der Waals surface area (Å²) in [5, 5.41) is 2.96. The standard InChI is InChI=1S/C22H29N3O4/c1-22(2)7-5-15-9-14(3-4-18(15)29-22)16-10-25(11-16)21(27)24-8-6-19-17(12-24)23-20(26)13-28-19/h3-4,9,16-17,19H,5-8,10-13H2,1-2H3,(H,23,26)/t17-,19+/m1/s1. The highest BCUT2D eigenvalue weighted by molar-refractivity contribution is 5.79. The van der Waals surface area contributed by atoms with Crippen molar-refractivity contribution in [1.82, 2.24) is 15.1 Å². The van der Waals surface area contributed by atoms with Crippen LogP contribution >= 0.6 is 0 Å². The Morgan fingerprint density at radius 1 is 1.21 bits per heavy atom. The van der Waals surface area contributed by atoms with Crippen molar-refractivity contribution in [2.24, 2.45) is 0 Å². The number of benzene rings is 1. The summed E-state index contributed by atoms with van der Waals surface area (Å²) in [6, 6.07) is 6.48. The minimum Gasteiger partial charge on any atom is -0.488 e. The Bertz CT molecular complexity index is 833. The summed E-state index contributed by atoms with van der Waals surface area (Å²) in [5.41, 5.74) is 2.48. The Kier molecular flexibility index (Phi) is 4.46. The molecule has 4 aliphatic rings. The van der Waals surface area contributed by atoms with Crippen molar-refractivity contribution in [3.8, 4) is 5.75 Å². The Labute approximate surface area is 171 Å². The van der Waals surface area contributed by atoms with Crippen LogP contribution in [0.15, 0.2) is 18.2 Å². The van der Waals surface area contributed by atoms with Gasteiger partial charge in [-0.1, -0.05) is 12.1 Å². The summed E-state index contributed by atoms with van der Waals surface area (Å²) in [5.74, 6) is 1.29. The summed E-state index contributed by atoms with van der Waals surface area (Å²) in [4.78, 5) is 28.2. The third-order valence-electron chi connectivity index (χ3n) is 6.69. The molecule has 4 aliphatic heterocycles. The predicted molar refractivity (Wildman–Crippen MR) is 107 cm³/mol. The largest absolute Gasteiger partial charge is 0.488 e. The van der Waals surface area contributed by atoms with Gasteiger partial charge in [0.15, 0.2) is 0 Å². The van der Waals surface area contributed by atoms with Gasteiger partial charge in [-0.2, -0.15) is 0 Å². The van der Waals surface area contributed by atoms with Crippen LogP contribution in [0.4, 0.5) is 4.79 Å². The van der Waals surface area contributed by atoms with Crippen molar-refractivity contribution in [3.05, 3.63) is 29.3 Å². The summed E-state index contributed by atoms with van der Waals surface area (Å²) in [7, 11) is 0. The van der Waals surface area contributed by atoms with Crippen LogP contribution in [0.1, 0.15) is 43.7 Å². The number of carbonyl (C=O) groups is 2. The number of piperidine rings is 1. The first-order valence-electron chi connectivity index (χ1n) is 10.6. The van der Waals surface area contributed by atoms with E-state index in [-0.39, 0.29) is 36.3 Å². The van der Waals surface area contributed by atoms with Crippen molar-refractivity contribution in [2.75, 3.05) is 32.8 Å². The Morgan fingerprint density at radius 2 is 2.03 bits per heavy atom. The zero-order valence-corrected chi connectivity index (χ0v) is 17.1. The molecular formula is C22H29N3O4. The van der Waals surface area contributed by atoms with Gasteiger partial charge in [-0.15, -0.1) is 0 Å². The van der Waals surface area contributed by atoms with Crippen LogP contribution in [0.2, 0.25) is 0 Å². The van der Waals surface area contributed by atoms with Gasteiger partial charge in [0.1, 0.15) is 18.0 Å². The topological polar surface area (TPSA) is 71.1 Å². The van der Waals surface area contributed by atoms with E-state index in [0.717, 1.165) is 38.1 Å². The predicted octanol–water partition coefficient (Wildman–Crippen LogP) is 1.90. The van der Waals surface area contributed by atoms with E-state index >= 15 is 0 Å². The molecule has 5 rings (SSSR count). The average molecular weight is 399 g/mol. The molecule has 4 heterocycles. The number of nitrogens with zero attached hydrogens (tertiary/aromatic N) is 2. The van der Waals surface area contributed by atoms with E-state index in [4.69, 9.17) is 9.47 Å². The highest BCUT2D eigenvalue weighted by atomic mass is 16.5. The van der Waals surface area contributed by atoms with E-state index < -0.39 is 0 Å². The number of nitrogens with one attached hydrogen (secondary N) is 1. The fraction of sp³-hybridized carbons (Fsp3) is 0.636. The lowest BCUT2D eigenvalue weighted by Gasteiger charge is -2.46. The van der Waals surface area contributed by atoms with Gasteiger partial charge in [-0.05, 0) is 50.3 Å². The molecule has 0 spiro atoms. The molecule has 7 nitrogen and oxygen atoms in total. The van der Waals surface area contributed by atoms with Crippen LogP contribution in [-0.4, -0.2) is 72.3 Å². The lowest BCUT2D eigenvalue weighted by molar-refractivity contribution is -0.139. The van der Waals surface area contributed by atoms with Crippen LogP contribution in [0.25, 0.3) is 0 Å². The minimum absolute atomic E-state index is 0.0311. The van der Waals surface area contributed by atoms with Gasteiger partial charge in [0.2, 0.25) is 5.91 Å². The smallest absolute Gasteiger partial charge is 0.320 e. The van der Waals surface area contributed by atoms with E-state index in [1.54, 1.807) is 0 Å². The zero-order valence-electron chi connectivity index (χ0n) is 17.1. The molecular weight excluding hydrogens is 370 g/mol. The van der Waals surface area contributed by atoms with Crippen LogP contribution in [0, 0.1) is 0 Å². The van der Waals surface area contributed by atoms with Gasteiger partial charge in [0.25, 0.3) is 0 Å². The lowest BCUT2D eigenvalue weighted by atomic mass is 9.87. The zero-order chi connectivity index (χ0) is 20.2. The molecule has 0 unspecified atom stereocenters. The fourth-order valence-electron chi connectivity index (χ4n) is 4.85. The summed E-state index contributed by atoms with van der Waals surface area (Å²) < 4.78 is 11.7. The second-order valence-electron chi connectivity index (χ2n) is 9.37. The monoisotopic (exact) mass is 399 g/mol. The second kappa shape index (κ2) is 6.90. The first-order chi connectivity index (χ1) is 13.9. The van der Waals surface area contributed by atoms with E-state index in [2.05, 4.69) is 37.4 Å². The molecule has 1 aromatic carbocycles. The maximum Gasteiger partial charge on any atom is 0.320 e. The molecule has 0 saturated carbocycles. The molecule has 0 aromatic heterocycles. The molecule has 7 heteroatoms. The van der Waals surface area contributed by atoms with Crippen LogP contribution < -0.4 is 10.1 Å². The third kappa shape index (κ3) is 3.56. The number of aryl methyl sites for hydroxylation is 1. The Morgan fingerprint density at radius 3 is 2.86 bits per heavy atom. The van der Waals surface area contributed by atoms with Gasteiger partial charge in [-0.3, -0.25) is 4.79 Å². The molecule has 0 radical (unpaired) electrons. The number of amides is 3. The van der Waals surface area contributed by atoms with Crippen molar-refractivity contribution >= 4 is 11.9 Å². The molecule has 0 bridgehead atoms. The molecule has 29 heavy (non-hydrogen) atoms. The summed E-state index contributed by atoms with van der Waals surface area (Å²) in [6.45, 7) is 7.10. The molecule has 3 amide bonds. The molecule has 2 atom stereocenters.